The zero-order valence-corrected chi connectivity index (χ0v) is 10.8. The van der Waals surface area contributed by atoms with Crippen molar-refractivity contribution < 1.29 is 19.5 Å². The van der Waals surface area contributed by atoms with Crippen molar-refractivity contribution in [1.82, 2.24) is 20.6 Å². The highest BCUT2D eigenvalue weighted by molar-refractivity contribution is 5.96. The number of aromatic nitrogens is 2. The minimum Gasteiger partial charge on any atom is -0.480 e. The normalized spacial score (nSPS) is 13.1. The fourth-order valence-electron chi connectivity index (χ4n) is 1.24. The number of carbonyl (C=O) groups is 3. The van der Waals surface area contributed by atoms with Crippen LogP contribution in [-0.2, 0) is 9.59 Å². The van der Waals surface area contributed by atoms with Gasteiger partial charge in [0.25, 0.3) is 11.5 Å². The fourth-order valence-corrected chi connectivity index (χ4v) is 1.24. The third-order valence-electron chi connectivity index (χ3n) is 2.39. The highest BCUT2D eigenvalue weighted by Crippen LogP contribution is 1.90. The van der Waals surface area contributed by atoms with Gasteiger partial charge in [-0.1, -0.05) is 0 Å². The van der Waals surface area contributed by atoms with Crippen LogP contribution < -0.4 is 16.2 Å². The van der Waals surface area contributed by atoms with Gasteiger partial charge in [-0.15, -0.1) is 0 Å². The summed E-state index contributed by atoms with van der Waals surface area (Å²) >= 11 is 0. The van der Waals surface area contributed by atoms with E-state index in [0.717, 1.165) is 0 Å². The van der Waals surface area contributed by atoms with E-state index >= 15 is 0 Å². The van der Waals surface area contributed by atoms with E-state index in [-0.39, 0.29) is 5.69 Å². The third-order valence-corrected chi connectivity index (χ3v) is 2.39. The van der Waals surface area contributed by atoms with Crippen molar-refractivity contribution in [1.29, 1.82) is 0 Å². The lowest BCUT2D eigenvalue weighted by Gasteiger charge is -2.15. The summed E-state index contributed by atoms with van der Waals surface area (Å²) in [6.07, 6.45) is 2.50. The summed E-state index contributed by atoms with van der Waals surface area (Å²) in [7, 11) is 0. The van der Waals surface area contributed by atoms with Crippen molar-refractivity contribution in [3.05, 3.63) is 28.4 Å². The standard InChI is InChI=1S/C11H14N4O5/c1-5(8(16)15-6(2)11(19)20)14-10(18)7-9(17)13-4-3-12-7/h3-6H,1-2H3,(H,13,17)(H,14,18)(H,15,16)(H,19,20)/t5-,6-/m0/s1. The predicted molar refractivity (Wildman–Crippen MR) is 67.0 cm³/mol. The number of carboxylic acids is 1. The number of aliphatic carboxylic acids is 1. The number of carbonyl (C=O) groups excluding carboxylic acids is 2. The first-order valence-corrected chi connectivity index (χ1v) is 5.70. The Morgan fingerprint density at radius 2 is 1.90 bits per heavy atom. The molecule has 0 aliphatic rings. The Bertz CT molecular complexity index is 582. The summed E-state index contributed by atoms with van der Waals surface area (Å²) < 4.78 is 0. The Morgan fingerprint density at radius 1 is 1.25 bits per heavy atom. The maximum absolute atomic E-state index is 11.7. The Balaban J connectivity index is 2.67. The largest absolute Gasteiger partial charge is 0.480 e. The third kappa shape index (κ3) is 3.90. The second-order valence-corrected chi connectivity index (χ2v) is 4.03. The Hall–Kier alpha value is -2.71. The molecule has 0 unspecified atom stereocenters. The topological polar surface area (TPSA) is 141 Å². The van der Waals surface area contributed by atoms with E-state index in [1.807, 2.05) is 0 Å². The molecule has 0 aliphatic heterocycles. The van der Waals surface area contributed by atoms with Crippen molar-refractivity contribution in [3.63, 3.8) is 0 Å². The van der Waals surface area contributed by atoms with Crippen LogP contribution >= 0.6 is 0 Å². The average molecular weight is 282 g/mol. The van der Waals surface area contributed by atoms with E-state index in [1.165, 1.54) is 26.2 Å². The van der Waals surface area contributed by atoms with Crippen LogP contribution in [0.25, 0.3) is 0 Å². The molecule has 1 aromatic rings. The van der Waals surface area contributed by atoms with Gasteiger partial charge in [0.2, 0.25) is 5.91 Å². The summed E-state index contributed by atoms with van der Waals surface area (Å²) in [5.41, 5.74) is -1.06. The molecule has 0 bridgehead atoms. The minimum atomic E-state index is -1.20. The number of aromatic amines is 1. The van der Waals surface area contributed by atoms with Gasteiger partial charge >= 0.3 is 5.97 Å². The molecule has 1 rings (SSSR count). The molecule has 20 heavy (non-hydrogen) atoms. The van der Waals surface area contributed by atoms with E-state index in [4.69, 9.17) is 5.11 Å². The van der Waals surface area contributed by atoms with E-state index in [0.29, 0.717) is 0 Å². The lowest BCUT2D eigenvalue weighted by molar-refractivity contribution is -0.141. The van der Waals surface area contributed by atoms with Crippen LogP contribution in [-0.4, -0.2) is 44.9 Å². The van der Waals surface area contributed by atoms with Crippen LogP contribution in [0.15, 0.2) is 17.2 Å². The molecular weight excluding hydrogens is 268 g/mol. The van der Waals surface area contributed by atoms with Gasteiger partial charge in [0.05, 0.1) is 0 Å². The molecule has 0 fully saturated rings. The fraction of sp³-hybridized carbons (Fsp3) is 0.364. The summed E-state index contributed by atoms with van der Waals surface area (Å²) in [4.78, 5) is 51.1. The van der Waals surface area contributed by atoms with E-state index in [1.54, 1.807) is 0 Å². The first-order valence-electron chi connectivity index (χ1n) is 5.70. The first-order chi connectivity index (χ1) is 9.32. The second-order valence-electron chi connectivity index (χ2n) is 4.03. The van der Waals surface area contributed by atoms with Crippen molar-refractivity contribution in [2.45, 2.75) is 25.9 Å². The van der Waals surface area contributed by atoms with Gasteiger partial charge in [-0.3, -0.25) is 19.2 Å². The molecule has 0 aromatic carbocycles. The van der Waals surface area contributed by atoms with Gasteiger partial charge in [0, 0.05) is 12.4 Å². The molecule has 2 atom stereocenters. The highest BCUT2D eigenvalue weighted by atomic mass is 16.4. The number of hydrogen-bond acceptors (Lipinski definition) is 5. The zero-order valence-electron chi connectivity index (χ0n) is 10.8. The Kier molecular flexibility index (Phi) is 4.95. The SMILES string of the molecule is C[C@H](NC(=O)[C@H](C)NC(=O)c1ncc[nH]c1=O)C(=O)O. The van der Waals surface area contributed by atoms with Gasteiger partial charge in [0.1, 0.15) is 12.1 Å². The number of amides is 2. The highest BCUT2D eigenvalue weighted by Gasteiger charge is 2.22. The summed E-state index contributed by atoms with van der Waals surface area (Å²) in [5.74, 6) is -2.70. The molecule has 9 heteroatoms. The molecule has 0 saturated carbocycles. The van der Waals surface area contributed by atoms with Crippen LogP contribution in [0.5, 0.6) is 0 Å². The van der Waals surface area contributed by atoms with Gasteiger partial charge in [-0.05, 0) is 13.8 Å². The van der Waals surface area contributed by atoms with Gasteiger partial charge in [-0.2, -0.15) is 0 Å². The van der Waals surface area contributed by atoms with Gasteiger partial charge < -0.3 is 20.7 Å². The van der Waals surface area contributed by atoms with Crippen molar-refractivity contribution in [2.75, 3.05) is 0 Å². The minimum absolute atomic E-state index is 0.376. The molecule has 1 aromatic heterocycles. The zero-order chi connectivity index (χ0) is 15.3. The van der Waals surface area contributed by atoms with Crippen molar-refractivity contribution >= 4 is 17.8 Å². The molecule has 1 heterocycles. The lowest BCUT2D eigenvalue weighted by Crippen LogP contribution is -2.50. The van der Waals surface area contributed by atoms with Gasteiger partial charge in [0.15, 0.2) is 5.69 Å². The van der Waals surface area contributed by atoms with E-state index in [9.17, 15) is 19.2 Å². The number of H-pyrrole nitrogens is 1. The number of nitrogens with one attached hydrogen (secondary N) is 3. The Labute approximate surface area is 113 Å². The van der Waals surface area contributed by atoms with Crippen LogP contribution in [0, 0.1) is 0 Å². The van der Waals surface area contributed by atoms with Crippen LogP contribution in [0.3, 0.4) is 0 Å². The van der Waals surface area contributed by atoms with E-state index in [2.05, 4.69) is 20.6 Å². The molecule has 4 N–H and O–H groups in total. The molecule has 0 saturated heterocycles. The number of hydrogen-bond donors (Lipinski definition) is 4. The van der Waals surface area contributed by atoms with E-state index < -0.39 is 35.4 Å². The van der Waals surface area contributed by atoms with Crippen LogP contribution in [0.1, 0.15) is 24.3 Å². The summed E-state index contributed by atoms with van der Waals surface area (Å²) in [6.45, 7) is 2.65. The summed E-state index contributed by atoms with van der Waals surface area (Å²) in [6, 6.07) is -2.09. The number of carboxylic acid groups (broad SMARTS) is 1. The van der Waals surface area contributed by atoms with Crippen LogP contribution in [0.4, 0.5) is 0 Å². The number of nitrogens with zero attached hydrogens (tertiary/aromatic N) is 1. The van der Waals surface area contributed by atoms with Crippen molar-refractivity contribution in [3.8, 4) is 0 Å². The van der Waals surface area contributed by atoms with Gasteiger partial charge in [-0.25, -0.2) is 4.98 Å². The Morgan fingerprint density at radius 3 is 2.45 bits per heavy atom. The molecule has 9 nitrogen and oxygen atoms in total. The second kappa shape index (κ2) is 6.45. The molecule has 0 radical (unpaired) electrons. The molecule has 108 valence electrons. The molecular formula is C11H14N4O5. The molecule has 0 spiro atoms. The monoisotopic (exact) mass is 282 g/mol. The quantitative estimate of drug-likeness (QED) is 0.516. The number of rotatable bonds is 5. The maximum atomic E-state index is 11.7. The first kappa shape index (κ1) is 15.3. The maximum Gasteiger partial charge on any atom is 0.325 e. The molecule has 2 amide bonds. The van der Waals surface area contributed by atoms with Crippen molar-refractivity contribution in [2.24, 2.45) is 0 Å². The van der Waals surface area contributed by atoms with Crippen LogP contribution in [0.2, 0.25) is 0 Å². The summed E-state index contributed by atoms with van der Waals surface area (Å²) in [5, 5.41) is 13.1. The molecule has 0 aliphatic carbocycles. The lowest BCUT2D eigenvalue weighted by atomic mass is 10.2. The average Bonchev–Trinajstić information content (AvgIpc) is 2.38. The smallest absolute Gasteiger partial charge is 0.325 e. The predicted octanol–water partition coefficient (Wildman–Crippen LogP) is -1.52.